The van der Waals surface area contributed by atoms with Gasteiger partial charge in [0.05, 0.1) is 11.4 Å². The summed E-state index contributed by atoms with van der Waals surface area (Å²) in [5.74, 6) is 0.908. The second-order valence-electron chi connectivity index (χ2n) is 5.82. The van der Waals surface area contributed by atoms with Crippen molar-refractivity contribution >= 4 is 28.2 Å². The van der Waals surface area contributed by atoms with Crippen LogP contribution < -0.4 is 5.32 Å². The molecule has 8 heteroatoms. The first-order valence-electron chi connectivity index (χ1n) is 7.94. The van der Waals surface area contributed by atoms with Gasteiger partial charge in [0.15, 0.2) is 10.9 Å². The SMILES string of the molecule is COCC(=O)N1CCC[C@@H](c2nccnc2Nc2nc(C)cs2)C1. The van der Waals surface area contributed by atoms with E-state index in [2.05, 4.69) is 20.3 Å². The average Bonchev–Trinajstić information content (AvgIpc) is 3.01. The van der Waals surface area contributed by atoms with Gasteiger partial charge in [-0.15, -0.1) is 11.3 Å². The molecule has 2 aromatic rings. The van der Waals surface area contributed by atoms with Gasteiger partial charge in [0, 0.05) is 43.9 Å². The van der Waals surface area contributed by atoms with Gasteiger partial charge in [-0.25, -0.2) is 9.97 Å². The molecule has 1 aliphatic heterocycles. The number of aryl methyl sites for hydroxylation is 1. The fourth-order valence-electron chi connectivity index (χ4n) is 2.90. The zero-order valence-corrected chi connectivity index (χ0v) is 14.7. The van der Waals surface area contributed by atoms with Gasteiger partial charge in [-0.3, -0.25) is 9.78 Å². The molecule has 1 atom stereocenters. The lowest BCUT2D eigenvalue weighted by Crippen LogP contribution is -2.41. The molecule has 0 saturated carbocycles. The Morgan fingerprint density at radius 2 is 2.29 bits per heavy atom. The Morgan fingerprint density at radius 3 is 3.04 bits per heavy atom. The monoisotopic (exact) mass is 347 g/mol. The summed E-state index contributed by atoms with van der Waals surface area (Å²) in [5.41, 5.74) is 1.86. The van der Waals surface area contributed by atoms with Crippen molar-refractivity contribution in [2.24, 2.45) is 0 Å². The highest BCUT2D eigenvalue weighted by molar-refractivity contribution is 7.13. The molecule has 1 aliphatic rings. The second kappa shape index (κ2) is 7.67. The Labute approximate surface area is 145 Å². The lowest BCUT2D eigenvalue weighted by molar-refractivity contribution is -0.136. The van der Waals surface area contributed by atoms with E-state index in [-0.39, 0.29) is 18.4 Å². The number of thiazole rings is 1. The van der Waals surface area contributed by atoms with E-state index in [1.54, 1.807) is 30.8 Å². The van der Waals surface area contributed by atoms with E-state index in [1.165, 1.54) is 0 Å². The highest BCUT2D eigenvalue weighted by Crippen LogP contribution is 2.31. The van der Waals surface area contributed by atoms with E-state index >= 15 is 0 Å². The van der Waals surface area contributed by atoms with Crippen molar-refractivity contribution in [1.82, 2.24) is 19.9 Å². The number of anilines is 2. The number of carbonyl (C=O) groups excluding carboxylic acids is 1. The third-order valence-electron chi connectivity index (χ3n) is 4.00. The molecule has 1 amide bonds. The van der Waals surface area contributed by atoms with E-state index in [0.717, 1.165) is 41.7 Å². The van der Waals surface area contributed by atoms with Crippen LogP contribution in [0.1, 0.15) is 30.1 Å². The van der Waals surface area contributed by atoms with Gasteiger partial charge < -0.3 is 15.0 Å². The fourth-order valence-corrected chi connectivity index (χ4v) is 3.59. The van der Waals surface area contributed by atoms with E-state index in [9.17, 15) is 4.79 Å². The summed E-state index contributed by atoms with van der Waals surface area (Å²) in [6.45, 7) is 3.50. The summed E-state index contributed by atoms with van der Waals surface area (Å²) in [4.78, 5) is 27.3. The summed E-state index contributed by atoms with van der Waals surface area (Å²) in [5, 5.41) is 6.06. The minimum atomic E-state index is 0.0242. The number of hydrogen-bond acceptors (Lipinski definition) is 7. The zero-order valence-electron chi connectivity index (χ0n) is 13.9. The van der Waals surface area contributed by atoms with Gasteiger partial charge in [-0.2, -0.15) is 0 Å². The maximum atomic E-state index is 12.1. The molecule has 1 saturated heterocycles. The molecule has 7 nitrogen and oxygen atoms in total. The molecule has 0 aliphatic carbocycles. The van der Waals surface area contributed by atoms with Crippen LogP contribution in [-0.2, 0) is 9.53 Å². The van der Waals surface area contributed by atoms with E-state index in [1.807, 2.05) is 17.2 Å². The fraction of sp³-hybridized carbons (Fsp3) is 0.500. The zero-order chi connectivity index (χ0) is 16.9. The third-order valence-corrected chi connectivity index (χ3v) is 4.88. The van der Waals surface area contributed by atoms with Crippen LogP contribution in [-0.4, -0.2) is 52.6 Å². The van der Waals surface area contributed by atoms with Gasteiger partial charge in [0.25, 0.3) is 0 Å². The number of ether oxygens (including phenoxy) is 1. The average molecular weight is 347 g/mol. The predicted octanol–water partition coefficient (Wildman–Crippen LogP) is 2.34. The summed E-state index contributed by atoms with van der Waals surface area (Å²) < 4.78 is 4.96. The van der Waals surface area contributed by atoms with Crippen LogP contribution in [0.5, 0.6) is 0 Å². The highest BCUT2D eigenvalue weighted by atomic mass is 32.1. The molecule has 3 rings (SSSR count). The number of rotatable bonds is 5. The van der Waals surface area contributed by atoms with Crippen molar-refractivity contribution in [1.29, 1.82) is 0 Å². The smallest absolute Gasteiger partial charge is 0.248 e. The first-order chi connectivity index (χ1) is 11.7. The first kappa shape index (κ1) is 16.8. The van der Waals surface area contributed by atoms with Crippen molar-refractivity contribution in [3.63, 3.8) is 0 Å². The molecule has 2 aromatic heterocycles. The number of nitrogens with one attached hydrogen (secondary N) is 1. The molecule has 0 radical (unpaired) electrons. The number of piperidine rings is 1. The lowest BCUT2D eigenvalue weighted by Gasteiger charge is -2.32. The number of aromatic nitrogens is 3. The van der Waals surface area contributed by atoms with Gasteiger partial charge in [0.2, 0.25) is 5.91 Å². The predicted molar refractivity (Wildman–Crippen MR) is 92.6 cm³/mol. The lowest BCUT2D eigenvalue weighted by atomic mass is 9.94. The van der Waals surface area contributed by atoms with Crippen LogP contribution in [0.15, 0.2) is 17.8 Å². The number of carbonyl (C=O) groups is 1. The Morgan fingerprint density at radius 1 is 1.46 bits per heavy atom. The Bertz CT molecular complexity index is 705. The molecule has 0 aromatic carbocycles. The summed E-state index contributed by atoms with van der Waals surface area (Å²) in [6, 6.07) is 0. The van der Waals surface area contributed by atoms with Gasteiger partial charge in [-0.1, -0.05) is 0 Å². The molecule has 0 bridgehead atoms. The van der Waals surface area contributed by atoms with Crippen LogP contribution in [0.4, 0.5) is 10.9 Å². The summed E-state index contributed by atoms with van der Waals surface area (Å²) in [7, 11) is 1.54. The summed E-state index contributed by atoms with van der Waals surface area (Å²) in [6.07, 6.45) is 5.31. The Balaban J connectivity index is 1.77. The number of hydrogen-bond donors (Lipinski definition) is 1. The van der Waals surface area contributed by atoms with Crippen molar-refractivity contribution in [3.05, 3.63) is 29.2 Å². The van der Waals surface area contributed by atoms with Crippen molar-refractivity contribution in [2.45, 2.75) is 25.7 Å². The van der Waals surface area contributed by atoms with Crippen molar-refractivity contribution in [2.75, 3.05) is 32.1 Å². The molecular weight excluding hydrogens is 326 g/mol. The quantitative estimate of drug-likeness (QED) is 0.894. The van der Waals surface area contributed by atoms with Gasteiger partial charge >= 0.3 is 0 Å². The topological polar surface area (TPSA) is 80.2 Å². The van der Waals surface area contributed by atoms with Crippen LogP contribution in [0.2, 0.25) is 0 Å². The maximum Gasteiger partial charge on any atom is 0.248 e. The molecule has 0 spiro atoms. The largest absolute Gasteiger partial charge is 0.375 e. The Kier molecular flexibility index (Phi) is 5.37. The normalized spacial score (nSPS) is 17.8. The molecule has 0 unspecified atom stereocenters. The van der Waals surface area contributed by atoms with Gasteiger partial charge in [-0.05, 0) is 19.8 Å². The van der Waals surface area contributed by atoms with E-state index < -0.39 is 0 Å². The van der Waals surface area contributed by atoms with Crippen molar-refractivity contribution in [3.8, 4) is 0 Å². The van der Waals surface area contributed by atoms with Crippen LogP contribution in [0, 0.1) is 6.92 Å². The van der Waals surface area contributed by atoms with Crippen LogP contribution in [0.25, 0.3) is 0 Å². The minimum Gasteiger partial charge on any atom is -0.375 e. The first-order valence-corrected chi connectivity index (χ1v) is 8.82. The van der Waals surface area contributed by atoms with E-state index in [4.69, 9.17) is 4.74 Å². The molecule has 1 fully saturated rings. The Hall–Kier alpha value is -2.06. The molecule has 128 valence electrons. The molecule has 3 heterocycles. The maximum absolute atomic E-state index is 12.1. The third kappa shape index (κ3) is 3.88. The van der Waals surface area contributed by atoms with E-state index in [0.29, 0.717) is 6.54 Å². The number of likely N-dealkylation sites (tertiary alicyclic amines) is 1. The molecule has 24 heavy (non-hydrogen) atoms. The van der Waals surface area contributed by atoms with Crippen molar-refractivity contribution < 1.29 is 9.53 Å². The number of nitrogens with zero attached hydrogens (tertiary/aromatic N) is 4. The number of amides is 1. The van der Waals surface area contributed by atoms with Crippen LogP contribution >= 0.6 is 11.3 Å². The number of methoxy groups -OCH3 is 1. The molecule has 1 N–H and O–H groups in total. The van der Waals surface area contributed by atoms with Crippen LogP contribution in [0.3, 0.4) is 0 Å². The summed E-state index contributed by atoms with van der Waals surface area (Å²) >= 11 is 1.54. The molecular formula is C16H21N5O2S. The van der Waals surface area contributed by atoms with Gasteiger partial charge in [0.1, 0.15) is 6.61 Å². The minimum absolute atomic E-state index is 0.0242. The highest BCUT2D eigenvalue weighted by Gasteiger charge is 2.27. The standard InChI is InChI=1S/C16H21N5O2S/c1-11-10-24-16(19-11)20-15-14(17-5-6-18-15)12-4-3-7-21(8-12)13(22)9-23-2/h5-6,10,12H,3-4,7-9H2,1-2H3,(H,18,19,20)/t12-/m1/s1. The second-order valence-corrected chi connectivity index (χ2v) is 6.68.